The lowest BCUT2D eigenvalue weighted by molar-refractivity contribution is 0.557. The first-order valence-electron chi connectivity index (χ1n) is 5.08. The average molecular weight is 285 g/mol. The van der Waals surface area contributed by atoms with Crippen LogP contribution in [-0.2, 0) is 10.0 Å². The van der Waals surface area contributed by atoms with E-state index < -0.39 is 32.2 Å². The number of hydrogen-bond donors (Lipinski definition) is 2. The second kappa shape index (κ2) is 4.81. The minimum atomic E-state index is -4.19. The summed E-state index contributed by atoms with van der Waals surface area (Å²) in [6.45, 7) is 0. The first kappa shape index (κ1) is 13.2. The number of sulfonamides is 1. The van der Waals surface area contributed by atoms with Crippen molar-refractivity contribution in [2.75, 3.05) is 10.5 Å². The maximum atomic E-state index is 13.7. The zero-order valence-corrected chi connectivity index (χ0v) is 10.3. The highest BCUT2D eigenvalue weighted by atomic mass is 32.2. The molecule has 100 valence electrons. The highest BCUT2D eigenvalue weighted by Crippen LogP contribution is 2.24. The van der Waals surface area contributed by atoms with Gasteiger partial charge >= 0.3 is 0 Å². The fraction of sp³-hybridized carbons (Fsp3) is 0. The molecular formula is C11H9F2N3O2S. The summed E-state index contributed by atoms with van der Waals surface area (Å²) in [4.78, 5) is 2.98. The van der Waals surface area contributed by atoms with E-state index in [1.807, 2.05) is 0 Å². The number of aromatic nitrogens is 1. The van der Waals surface area contributed by atoms with Gasteiger partial charge in [-0.15, -0.1) is 0 Å². The predicted molar refractivity (Wildman–Crippen MR) is 65.8 cm³/mol. The Morgan fingerprint density at radius 3 is 2.58 bits per heavy atom. The van der Waals surface area contributed by atoms with Gasteiger partial charge in [0.25, 0.3) is 10.0 Å². The van der Waals surface area contributed by atoms with Gasteiger partial charge in [-0.25, -0.2) is 17.2 Å². The number of nitrogens with one attached hydrogen (secondary N) is 1. The number of nitrogens with zero attached hydrogens (tertiary/aromatic N) is 1. The Hall–Kier alpha value is -2.22. The van der Waals surface area contributed by atoms with Crippen molar-refractivity contribution >= 4 is 21.4 Å². The molecule has 2 rings (SSSR count). The van der Waals surface area contributed by atoms with E-state index >= 15 is 0 Å². The van der Waals surface area contributed by atoms with E-state index in [9.17, 15) is 17.2 Å². The summed E-state index contributed by atoms with van der Waals surface area (Å²) in [6, 6.07) is 4.54. The van der Waals surface area contributed by atoms with Gasteiger partial charge in [0.15, 0.2) is 5.82 Å². The summed E-state index contributed by atoms with van der Waals surface area (Å²) >= 11 is 0. The Kier molecular flexibility index (Phi) is 3.34. The van der Waals surface area contributed by atoms with Crippen molar-refractivity contribution in [1.29, 1.82) is 0 Å². The Labute approximate surface area is 108 Å². The van der Waals surface area contributed by atoms with Gasteiger partial charge < -0.3 is 5.73 Å². The minimum Gasteiger partial charge on any atom is -0.394 e. The number of anilines is 2. The predicted octanol–water partition coefficient (Wildman–Crippen LogP) is 1.74. The van der Waals surface area contributed by atoms with Crippen LogP contribution in [0.25, 0.3) is 0 Å². The van der Waals surface area contributed by atoms with Gasteiger partial charge in [-0.2, -0.15) is 0 Å². The van der Waals surface area contributed by atoms with Gasteiger partial charge in [-0.05, 0) is 24.3 Å². The summed E-state index contributed by atoms with van der Waals surface area (Å²) < 4.78 is 52.6. The van der Waals surface area contributed by atoms with Crippen molar-refractivity contribution in [1.82, 2.24) is 4.98 Å². The van der Waals surface area contributed by atoms with E-state index in [1.54, 1.807) is 0 Å². The second-order valence-electron chi connectivity index (χ2n) is 3.62. The van der Waals surface area contributed by atoms with Crippen molar-refractivity contribution in [2.24, 2.45) is 0 Å². The molecule has 0 radical (unpaired) electrons. The molecule has 5 nitrogen and oxygen atoms in total. The monoisotopic (exact) mass is 285 g/mol. The van der Waals surface area contributed by atoms with Crippen LogP contribution in [0.1, 0.15) is 0 Å². The van der Waals surface area contributed by atoms with Gasteiger partial charge in [-0.3, -0.25) is 9.71 Å². The van der Waals surface area contributed by atoms with Crippen molar-refractivity contribution in [2.45, 2.75) is 4.90 Å². The molecule has 0 aliphatic heterocycles. The van der Waals surface area contributed by atoms with E-state index in [0.29, 0.717) is 0 Å². The van der Waals surface area contributed by atoms with Gasteiger partial charge in [0.1, 0.15) is 16.4 Å². The van der Waals surface area contributed by atoms with Crippen LogP contribution in [0.15, 0.2) is 41.6 Å². The smallest absolute Gasteiger partial charge is 0.264 e. The molecule has 8 heteroatoms. The first-order chi connectivity index (χ1) is 8.92. The van der Waals surface area contributed by atoms with Crippen molar-refractivity contribution < 1.29 is 17.2 Å². The fourth-order valence-corrected chi connectivity index (χ4v) is 2.52. The molecule has 1 aromatic carbocycles. The number of halogens is 2. The summed E-state index contributed by atoms with van der Waals surface area (Å²) in [6.07, 6.45) is 2.70. The molecule has 1 heterocycles. The standard InChI is InChI=1S/C11H9F2N3O2S/c12-8-3-4-9(10(13)11(8)14)19(17,18)16-7-2-1-5-15-6-7/h1-6,16H,14H2. The zero-order chi connectivity index (χ0) is 14.0. The average Bonchev–Trinajstić information content (AvgIpc) is 2.36. The second-order valence-corrected chi connectivity index (χ2v) is 5.27. The third kappa shape index (κ3) is 2.63. The third-order valence-corrected chi connectivity index (χ3v) is 3.69. The molecule has 0 saturated heterocycles. The molecule has 3 N–H and O–H groups in total. The summed E-state index contributed by atoms with van der Waals surface area (Å²) in [7, 11) is -4.19. The Morgan fingerprint density at radius 2 is 1.95 bits per heavy atom. The Morgan fingerprint density at radius 1 is 1.21 bits per heavy atom. The van der Waals surface area contributed by atoms with Crippen LogP contribution in [0.2, 0.25) is 0 Å². The third-order valence-electron chi connectivity index (χ3n) is 2.29. The van der Waals surface area contributed by atoms with Crippen LogP contribution in [0, 0.1) is 11.6 Å². The maximum Gasteiger partial charge on any atom is 0.264 e. The van der Waals surface area contributed by atoms with Gasteiger partial charge in [0.2, 0.25) is 0 Å². The normalized spacial score (nSPS) is 11.3. The summed E-state index contributed by atoms with van der Waals surface area (Å²) in [5.41, 5.74) is 4.44. The first-order valence-corrected chi connectivity index (χ1v) is 6.56. The molecule has 0 aliphatic carbocycles. The quantitative estimate of drug-likeness (QED) is 0.841. The summed E-state index contributed by atoms with van der Waals surface area (Å²) in [5.74, 6) is -2.34. The topological polar surface area (TPSA) is 85.1 Å². The van der Waals surface area contributed by atoms with E-state index in [-0.39, 0.29) is 5.69 Å². The number of benzene rings is 1. The molecule has 0 aliphatic rings. The van der Waals surface area contributed by atoms with Crippen LogP contribution in [-0.4, -0.2) is 13.4 Å². The molecule has 2 aromatic rings. The van der Waals surface area contributed by atoms with Crippen molar-refractivity contribution in [3.8, 4) is 0 Å². The van der Waals surface area contributed by atoms with Crippen molar-refractivity contribution in [3.63, 3.8) is 0 Å². The SMILES string of the molecule is Nc1c(F)ccc(S(=O)(=O)Nc2cccnc2)c1F. The number of rotatable bonds is 3. The highest BCUT2D eigenvalue weighted by Gasteiger charge is 2.22. The lowest BCUT2D eigenvalue weighted by atomic mass is 10.3. The lowest BCUT2D eigenvalue weighted by Crippen LogP contribution is -2.16. The van der Waals surface area contributed by atoms with Crippen LogP contribution in [0.4, 0.5) is 20.2 Å². The molecule has 0 unspecified atom stereocenters. The largest absolute Gasteiger partial charge is 0.394 e. The molecule has 0 saturated carbocycles. The number of nitrogens with two attached hydrogens (primary N) is 1. The molecule has 19 heavy (non-hydrogen) atoms. The number of hydrogen-bond acceptors (Lipinski definition) is 4. The molecule has 1 aromatic heterocycles. The highest BCUT2D eigenvalue weighted by molar-refractivity contribution is 7.92. The van der Waals surface area contributed by atoms with E-state index in [1.165, 1.54) is 24.5 Å². The Bertz CT molecular complexity index is 705. The molecule has 0 fully saturated rings. The molecule has 0 amide bonds. The van der Waals surface area contributed by atoms with Crippen LogP contribution < -0.4 is 10.5 Å². The number of pyridine rings is 1. The van der Waals surface area contributed by atoms with E-state index in [0.717, 1.165) is 12.1 Å². The van der Waals surface area contributed by atoms with Gasteiger partial charge in [-0.1, -0.05) is 0 Å². The molecule has 0 bridgehead atoms. The summed E-state index contributed by atoms with van der Waals surface area (Å²) in [5, 5.41) is 0. The van der Waals surface area contributed by atoms with Gasteiger partial charge in [0.05, 0.1) is 11.9 Å². The molecule has 0 atom stereocenters. The lowest BCUT2D eigenvalue weighted by Gasteiger charge is -2.09. The Balaban J connectivity index is 2.44. The minimum absolute atomic E-state index is 0.157. The zero-order valence-electron chi connectivity index (χ0n) is 9.47. The van der Waals surface area contributed by atoms with Crippen LogP contribution >= 0.6 is 0 Å². The van der Waals surface area contributed by atoms with Crippen LogP contribution in [0.3, 0.4) is 0 Å². The fourth-order valence-electron chi connectivity index (χ4n) is 1.39. The van der Waals surface area contributed by atoms with Crippen molar-refractivity contribution in [3.05, 3.63) is 48.3 Å². The number of nitrogen functional groups attached to an aromatic ring is 1. The molecule has 0 spiro atoms. The van der Waals surface area contributed by atoms with Crippen LogP contribution in [0.5, 0.6) is 0 Å². The maximum absolute atomic E-state index is 13.7. The van der Waals surface area contributed by atoms with E-state index in [2.05, 4.69) is 9.71 Å². The molecular weight excluding hydrogens is 276 g/mol. The van der Waals surface area contributed by atoms with Gasteiger partial charge in [0, 0.05) is 6.20 Å². The van der Waals surface area contributed by atoms with E-state index in [4.69, 9.17) is 5.73 Å².